The zero-order valence-electron chi connectivity index (χ0n) is 11.3. The lowest BCUT2D eigenvalue weighted by Gasteiger charge is -2.42. The first-order valence-electron chi connectivity index (χ1n) is 7.01. The molecule has 1 amide bonds. The van der Waals surface area contributed by atoms with Gasteiger partial charge in [0.05, 0.1) is 23.0 Å². The van der Waals surface area contributed by atoms with Crippen molar-refractivity contribution in [1.29, 1.82) is 5.26 Å². The van der Waals surface area contributed by atoms with Crippen molar-refractivity contribution in [3.05, 3.63) is 23.8 Å². The normalized spacial score (nSPS) is 25.6. The number of amides is 1. The van der Waals surface area contributed by atoms with Crippen LogP contribution in [-0.4, -0.2) is 25.0 Å². The maximum atomic E-state index is 11.4. The van der Waals surface area contributed by atoms with Crippen LogP contribution >= 0.6 is 0 Å². The largest absolute Gasteiger partial charge is 0.397 e. The molecule has 5 heteroatoms. The van der Waals surface area contributed by atoms with Crippen molar-refractivity contribution in [1.82, 2.24) is 5.32 Å². The second kappa shape index (κ2) is 5.04. The fourth-order valence-corrected chi connectivity index (χ4v) is 3.22. The Hall–Kier alpha value is -2.22. The fourth-order valence-electron chi connectivity index (χ4n) is 3.22. The van der Waals surface area contributed by atoms with Gasteiger partial charge in [0.25, 0.3) is 0 Å². The van der Waals surface area contributed by atoms with E-state index in [1.54, 1.807) is 12.1 Å². The summed E-state index contributed by atoms with van der Waals surface area (Å²) in [6.07, 6.45) is 2.49. The van der Waals surface area contributed by atoms with Gasteiger partial charge in [-0.05, 0) is 37.0 Å². The average Bonchev–Trinajstić information content (AvgIpc) is 2.47. The van der Waals surface area contributed by atoms with Crippen LogP contribution in [0.4, 0.5) is 11.4 Å². The number of nitriles is 1. The molecule has 0 radical (unpaired) electrons. The van der Waals surface area contributed by atoms with E-state index in [0.29, 0.717) is 29.6 Å². The Morgan fingerprint density at radius 3 is 3.05 bits per heavy atom. The number of carbonyl (C=O) groups is 1. The summed E-state index contributed by atoms with van der Waals surface area (Å²) in [6.45, 7) is 1.75. The van der Waals surface area contributed by atoms with E-state index in [1.807, 2.05) is 6.07 Å². The molecule has 0 bridgehead atoms. The van der Waals surface area contributed by atoms with E-state index < -0.39 is 0 Å². The molecule has 20 heavy (non-hydrogen) atoms. The summed E-state index contributed by atoms with van der Waals surface area (Å²) in [5.41, 5.74) is 8.33. The summed E-state index contributed by atoms with van der Waals surface area (Å²) in [5, 5.41) is 12.1. The van der Waals surface area contributed by atoms with Gasteiger partial charge in [-0.2, -0.15) is 5.26 Å². The Kier molecular flexibility index (Phi) is 3.23. The highest BCUT2D eigenvalue weighted by molar-refractivity contribution is 5.77. The number of nitrogens with one attached hydrogen (secondary N) is 1. The molecule has 1 aromatic rings. The molecule has 2 saturated heterocycles. The zero-order valence-corrected chi connectivity index (χ0v) is 11.3. The van der Waals surface area contributed by atoms with Crippen LogP contribution in [0.5, 0.6) is 0 Å². The van der Waals surface area contributed by atoms with Crippen molar-refractivity contribution >= 4 is 17.3 Å². The molecule has 2 unspecified atom stereocenters. The van der Waals surface area contributed by atoms with Crippen molar-refractivity contribution in [3.63, 3.8) is 0 Å². The predicted molar refractivity (Wildman–Crippen MR) is 77.1 cm³/mol. The van der Waals surface area contributed by atoms with Crippen LogP contribution in [0.1, 0.15) is 24.8 Å². The van der Waals surface area contributed by atoms with Crippen LogP contribution in [0, 0.1) is 17.2 Å². The lowest BCUT2D eigenvalue weighted by Crippen LogP contribution is -2.54. The molecular weight excluding hydrogens is 252 g/mol. The maximum Gasteiger partial charge on any atom is 0.220 e. The van der Waals surface area contributed by atoms with E-state index in [1.165, 1.54) is 0 Å². The van der Waals surface area contributed by atoms with Gasteiger partial charge in [-0.3, -0.25) is 4.79 Å². The molecule has 2 aliphatic heterocycles. The topological polar surface area (TPSA) is 82.2 Å². The summed E-state index contributed by atoms with van der Waals surface area (Å²) in [6, 6.07) is 7.85. The van der Waals surface area contributed by atoms with E-state index in [2.05, 4.69) is 16.3 Å². The molecule has 2 aliphatic rings. The summed E-state index contributed by atoms with van der Waals surface area (Å²) < 4.78 is 0. The second-order valence-corrected chi connectivity index (χ2v) is 5.59. The number of rotatable bonds is 1. The van der Waals surface area contributed by atoms with Gasteiger partial charge in [-0.25, -0.2) is 0 Å². The van der Waals surface area contributed by atoms with Crippen molar-refractivity contribution in [2.24, 2.45) is 5.92 Å². The van der Waals surface area contributed by atoms with Crippen LogP contribution in [0.3, 0.4) is 0 Å². The average molecular weight is 270 g/mol. The second-order valence-electron chi connectivity index (χ2n) is 5.59. The number of hydrogen-bond donors (Lipinski definition) is 2. The number of nitrogens with two attached hydrogens (primary N) is 1. The standard InChI is InChI=1S/C15H18N4O/c16-8-10-1-3-12(17)14(7-10)19-6-5-13-11(9-19)2-4-15(20)18-13/h1,3,7,11,13H,2,4-6,9,17H2,(H,18,20). The monoisotopic (exact) mass is 270 g/mol. The quantitative estimate of drug-likeness (QED) is 0.752. The SMILES string of the molecule is N#Cc1ccc(N)c(N2CCC3NC(=O)CCC3C2)c1. The molecule has 3 N–H and O–H groups in total. The number of carbonyl (C=O) groups excluding carboxylic acids is 1. The van der Waals surface area contributed by atoms with Gasteiger partial charge in [0.2, 0.25) is 5.91 Å². The van der Waals surface area contributed by atoms with Gasteiger partial charge in [0.1, 0.15) is 0 Å². The van der Waals surface area contributed by atoms with Crippen LogP contribution in [-0.2, 0) is 4.79 Å². The number of hydrogen-bond acceptors (Lipinski definition) is 4. The minimum atomic E-state index is 0.172. The van der Waals surface area contributed by atoms with E-state index in [0.717, 1.165) is 31.6 Å². The summed E-state index contributed by atoms with van der Waals surface area (Å²) in [7, 11) is 0. The molecule has 1 aromatic carbocycles. The first-order chi connectivity index (χ1) is 9.67. The first kappa shape index (κ1) is 12.8. The summed E-state index contributed by atoms with van der Waals surface area (Å²) in [5.74, 6) is 0.650. The number of fused-ring (bicyclic) bond motifs is 1. The molecule has 104 valence electrons. The molecule has 2 heterocycles. The van der Waals surface area contributed by atoms with Crippen molar-refractivity contribution < 1.29 is 4.79 Å². The molecule has 2 atom stereocenters. The Balaban J connectivity index is 1.80. The van der Waals surface area contributed by atoms with Crippen LogP contribution in [0.25, 0.3) is 0 Å². The molecule has 0 saturated carbocycles. The molecule has 0 spiro atoms. The van der Waals surface area contributed by atoms with E-state index in [-0.39, 0.29) is 5.91 Å². The fraction of sp³-hybridized carbons (Fsp3) is 0.467. The maximum absolute atomic E-state index is 11.4. The zero-order chi connectivity index (χ0) is 14.1. The molecule has 5 nitrogen and oxygen atoms in total. The Labute approximate surface area is 118 Å². The lowest BCUT2D eigenvalue weighted by atomic mass is 9.85. The van der Waals surface area contributed by atoms with Crippen molar-refractivity contribution in [2.45, 2.75) is 25.3 Å². The third kappa shape index (κ3) is 2.29. The van der Waals surface area contributed by atoms with Crippen molar-refractivity contribution in [2.75, 3.05) is 23.7 Å². The smallest absolute Gasteiger partial charge is 0.220 e. The Morgan fingerprint density at radius 2 is 2.25 bits per heavy atom. The Morgan fingerprint density at radius 1 is 1.40 bits per heavy atom. The number of anilines is 2. The lowest BCUT2D eigenvalue weighted by molar-refractivity contribution is -0.124. The number of piperidine rings is 2. The first-order valence-corrected chi connectivity index (χ1v) is 7.01. The van der Waals surface area contributed by atoms with Gasteiger partial charge in [0.15, 0.2) is 0 Å². The third-order valence-electron chi connectivity index (χ3n) is 4.32. The minimum Gasteiger partial charge on any atom is -0.397 e. The van der Waals surface area contributed by atoms with Crippen molar-refractivity contribution in [3.8, 4) is 6.07 Å². The summed E-state index contributed by atoms with van der Waals surface area (Å²) in [4.78, 5) is 13.7. The number of nitrogen functional groups attached to an aromatic ring is 1. The van der Waals surface area contributed by atoms with Crippen LogP contribution in [0.2, 0.25) is 0 Å². The number of nitrogens with zero attached hydrogens (tertiary/aromatic N) is 2. The van der Waals surface area contributed by atoms with E-state index in [9.17, 15) is 4.79 Å². The highest BCUT2D eigenvalue weighted by Crippen LogP contribution is 2.32. The molecule has 0 aromatic heterocycles. The highest BCUT2D eigenvalue weighted by Gasteiger charge is 2.34. The minimum absolute atomic E-state index is 0.172. The Bertz CT molecular complexity index is 578. The van der Waals surface area contributed by atoms with Gasteiger partial charge >= 0.3 is 0 Å². The molecule has 3 rings (SSSR count). The van der Waals surface area contributed by atoms with Crippen LogP contribution < -0.4 is 16.0 Å². The van der Waals surface area contributed by atoms with E-state index in [4.69, 9.17) is 11.0 Å². The highest BCUT2D eigenvalue weighted by atomic mass is 16.1. The van der Waals surface area contributed by atoms with Gasteiger partial charge in [-0.1, -0.05) is 0 Å². The third-order valence-corrected chi connectivity index (χ3v) is 4.32. The van der Waals surface area contributed by atoms with Gasteiger partial charge in [-0.15, -0.1) is 0 Å². The number of benzene rings is 1. The molecule has 0 aliphatic carbocycles. The van der Waals surface area contributed by atoms with Crippen LogP contribution in [0.15, 0.2) is 18.2 Å². The van der Waals surface area contributed by atoms with Gasteiger partial charge in [0, 0.05) is 25.6 Å². The molecular formula is C15H18N4O. The predicted octanol–water partition coefficient (Wildman–Crippen LogP) is 1.25. The van der Waals surface area contributed by atoms with E-state index >= 15 is 0 Å². The summed E-state index contributed by atoms with van der Waals surface area (Å²) >= 11 is 0. The molecule has 2 fully saturated rings. The van der Waals surface area contributed by atoms with Gasteiger partial charge < -0.3 is 16.0 Å².